The van der Waals surface area contributed by atoms with Crippen molar-refractivity contribution in [1.29, 1.82) is 0 Å². The molecule has 1 atom stereocenters. The fourth-order valence-corrected chi connectivity index (χ4v) is 1.69. The summed E-state index contributed by atoms with van der Waals surface area (Å²) in [6.45, 7) is 11.7. The van der Waals surface area contributed by atoms with Gasteiger partial charge in [-0.3, -0.25) is 0 Å². The fourth-order valence-electron chi connectivity index (χ4n) is 1.69. The van der Waals surface area contributed by atoms with Crippen LogP contribution in [0, 0.1) is 5.92 Å². The molecule has 0 spiro atoms. The van der Waals surface area contributed by atoms with Gasteiger partial charge in [0.05, 0.1) is 0 Å². The summed E-state index contributed by atoms with van der Waals surface area (Å²) in [4.78, 5) is 2.51. The minimum Gasteiger partial charge on any atom is -0.312 e. The van der Waals surface area contributed by atoms with Crippen LogP contribution in [0.4, 0.5) is 0 Å². The molecule has 0 aromatic carbocycles. The highest BCUT2D eigenvalue weighted by molar-refractivity contribution is 4.80. The Labute approximate surface area is 76.3 Å². The first-order chi connectivity index (χ1) is 5.72. The summed E-state index contributed by atoms with van der Waals surface area (Å²) >= 11 is 0. The SMILES string of the molecule is CCN1CC[C@@H](NCC(C)C)C1. The van der Waals surface area contributed by atoms with Gasteiger partial charge in [0.25, 0.3) is 0 Å². The van der Waals surface area contributed by atoms with Gasteiger partial charge in [-0.25, -0.2) is 0 Å². The Kier molecular flexibility index (Phi) is 4.02. The van der Waals surface area contributed by atoms with Crippen molar-refractivity contribution in [3.05, 3.63) is 0 Å². The molecule has 12 heavy (non-hydrogen) atoms. The van der Waals surface area contributed by atoms with E-state index >= 15 is 0 Å². The van der Waals surface area contributed by atoms with Gasteiger partial charge < -0.3 is 10.2 Å². The lowest BCUT2D eigenvalue weighted by Gasteiger charge is -2.15. The molecule has 0 unspecified atom stereocenters. The van der Waals surface area contributed by atoms with Gasteiger partial charge in [0.15, 0.2) is 0 Å². The van der Waals surface area contributed by atoms with Crippen LogP contribution >= 0.6 is 0 Å². The molecular weight excluding hydrogens is 148 g/mol. The van der Waals surface area contributed by atoms with Gasteiger partial charge in [0, 0.05) is 12.6 Å². The van der Waals surface area contributed by atoms with E-state index in [-0.39, 0.29) is 0 Å². The predicted octanol–water partition coefficient (Wildman–Crippen LogP) is 1.33. The number of likely N-dealkylation sites (tertiary alicyclic amines) is 1. The molecule has 0 amide bonds. The molecule has 1 fully saturated rings. The first-order valence-corrected chi connectivity index (χ1v) is 5.18. The molecule has 1 rings (SSSR count). The molecule has 1 saturated heterocycles. The third-order valence-electron chi connectivity index (χ3n) is 2.53. The Morgan fingerprint density at radius 3 is 2.75 bits per heavy atom. The number of hydrogen-bond acceptors (Lipinski definition) is 2. The second-order valence-corrected chi connectivity index (χ2v) is 4.18. The van der Waals surface area contributed by atoms with Crippen LogP contribution in [-0.2, 0) is 0 Å². The quantitative estimate of drug-likeness (QED) is 0.684. The summed E-state index contributed by atoms with van der Waals surface area (Å²) in [5.74, 6) is 0.778. The molecule has 0 aliphatic carbocycles. The first kappa shape index (κ1) is 10.0. The Hall–Kier alpha value is -0.0800. The minimum atomic E-state index is 0.757. The predicted molar refractivity (Wildman–Crippen MR) is 53.4 cm³/mol. The molecule has 1 aliphatic rings. The van der Waals surface area contributed by atoms with E-state index in [9.17, 15) is 0 Å². The number of rotatable bonds is 4. The molecule has 0 saturated carbocycles. The van der Waals surface area contributed by atoms with Crippen molar-refractivity contribution in [2.45, 2.75) is 33.2 Å². The zero-order valence-corrected chi connectivity index (χ0v) is 8.64. The van der Waals surface area contributed by atoms with Crippen LogP contribution in [0.5, 0.6) is 0 Å². The molecule has 0 radical (unpaired) electrons. The second-order valence-electron chi connectivity index (χ2n) is 4.18. The monoisotopic (exact) mass is 170 g/mol. The Morgan fingerprint density at radius 1 is 1.50 bits per heavy atom. The Balaban J connectivity index is 2.11. The molecule has 1 heterocycles. The van der Waals surface area contributed by atoms with Gasteiger partial charge in [-0.15, -0.1) is 0 Å². The summed E-state index contributed by atoms with van der Waals surface area (Å²) in [5.41, 5.74) is 0. The first-order valence-electron chi connectivity index (χ1n) is 5.18. The van der Waals surface area contributed by atoms with Crippen LogP contribution in [0.25, 0.3) is 0 Å². The zero-order chi connectivity index (χ0) is 8.97. The summed E-state index contributed by atoms with van der Waals surface area (Å²) < 4.78 is 0. The Bertz CT molecular complexity index is 123. The van der Waals surface area contributed by atoms with Gasteiger partial charge >= 0.3 is 0 Å². The average molecular weight is 170 g/mol. The highest BCUT2D eigenvalue weighted by Crippen LogP contribution is 2.08. The number of hydrogen-bond donors (Lipinski definition) is 1. The van der Waals surface area contributed by atoms with Crippen LogP contribution in [-0.4, -0.2) is 37.1 Å². The van der Waals surface area contributed by atoms with Crippen molar-refractivity contribution in [2.24, 2.45) is 5.92 Å². The maximum Gasteiger partial charge on any atom is 0.0207 e. The van der Waals surface area contributed by atoms with Crippen molar-refractivity contribution < 1.29 is 0 Å². The molecule has 1 aliphatic heterocycles. The molecular formula is C10H22N2. The zero-order valence-electron chi connectivity index (χ0n) is 8.64. The molecule has 2 nitrogen and oxygen atoms in total. The van der Waals surface area contributed by atoms with Gasteiger partial charge in [-0.2, -0.15) is 0 Å². The summed E-state index contributed by atoms with van der Waals surface area (Å²) in [5, 5.41) is 3.60. The van der Waals surface area contributed by atoms with E-state index in [1.54, 1.807) is 0 Å². The van der Waals surface area contributed by atoms with Gasteiger partial charge in [-0.1, -0.05) is 20.8 Å². The van der Waals surface area contributed by atoms with Crippen LogP contribution < -0.4 is 5.32 Å². The number of nitrogens with one attached hydrogen (secondary N) is 1. The summed E-state index contributed by atoms with van der Waals surface area (Å²) in [6.07, 6.45) is 1.33. The standard InChI is InChI=1S/C10H22N2/c1-4-12-6-5-10(8-12)11-7-9(2)3/h9-11H,4-8H2,1-3H3/t10-/m1/s1. The summed E-state index contributed by atoms with van der Waals surface area (Å²) in [7, 11) is 0. The molecule has 1 N–H and O–H groups in total. The van der Waals surface area contributed by atoms with Crippen LogP contribution in [0.2, 0.25) is 0 Å². The van der Waals surface area contributed by atoms with Gasteiger partial charge in [-0.05, 0) is 32.0 Å². The third-order valence-corrected chi connectivity index (χ3v) is 2.53. The maximum absolute atomic E-state index is 3.60. The number of likely N-dealkylation sites (N-methyl/N-ethyl adjacent to an activating group) is 1. The minimum absolute atomic E-state index is 0.757. The largest absolute Gasteiger partial charge is 0.312 e. The highest BCUT2D eigenvalue weighted by atomic mass is 15.2. The highest BCUT2D eigenvalue weighted by Gasteiger charge is 2.20. The molecule has 0 bridgehead atoms. The van der Waals surface area contributed by atoms with Crippen molar-refractivity contribution in [3.8, 4) is 0 Å². The van der Waals surface area contributed by atoms with Crippen molar-refractivity contribution in [3.63, 3.8) is 0 Å². The molecule has 0 aromatic rings. The van der Waals surface area contributed by atoms with E-state index in [1.165, 1.54) is 32.6 Å². The Morgan fingerprint density at radius 2 is 2.25 bits per heavy atom. The third kappa shape index (κ3) is 3.11. The molecule has 72 valence electrons. The maximum atomic E-state index is 3.60. The summed E-state index contributed by atoms with van der Waals surface area (Å²) in [6, 6.07) is 0.757. The lowest BCUT2D eigenvalue weighted by molar-refractivity contribution is 0.343. The molecule has 2 heteroatoms. The normalized spacial score (nSPS) is 25.5. The van der Waals surface area contributed by atoms with Gasteiger partial charge in [0.2, 0.25) is 0 Å². The van der Waals surface area contributed by atoms with E-state index < -0.39 is 0 Å². The smallest absolute Gasteiger partial charge is 0.0207 e. The van der Waals surface area contributed by atoms with Crippen molar-refractivity contribution in [2.75, 3.05) is 26.2 Å². The fraction of sp³-hybridized carbons (Fsp3) is 1.00. The van der Waals surface area contributed by atoms with Gasteiger partial charge in [0.1, 0.15) is 0 Å². The van der Waals surface area contributed by atoms with E-state index in [4.69, 9.17) is 0 Å². The topological polar surface area (TPSA) is 15.3 Å². The number of nitrogens with zero attached hydrogens (tertiary/aromatic N) is 1. The van der Waals surface area contributed by atoms with Crippen LogP contribution in [0.3, 0.4) is 0 Å². The van der Waals surface area contributed by atoms with Crippen LogP contribution in [0.15, 0.2) is 0 Å². The van der Waals surface area contributed by atoms with E-state index in [1.807, 2.05) is 0 Å². The lowest BCUT2D eigenvalue weighted by atomic mass is 10.2. The van der Waals surface area contributed by atoms with Crippen LogP contribution in [0.1, 0.15) is 27.2 Å². The lowest BCUT2D eigenvalue weighted by Crippen LogP contribution is -2.34. The van der Waals surface area contributed by atoms with E-state index in [0.29, 0.717) is 0 Å². The van der Waals surface area contributed by atoms with Crippen molar-refractivity contribution in [1.82, 2.24) is 10.2 Å². The van der Waals surface area contributed by atoms with E-state index in [2.05, 4.69) is 31.0 Å². The van der Waals surface area contributed by atoms with E-state index in [0.717, 1.165) is 12.0 Å². The average Bonchev–Trinajstić information content (AvgIpc) is 2.48. The van der Waals surface area contributed by atoms with Crippen molar-refractivity contribution >= 4 is 0 Å². The second kappa shape index (κ2) is 4.83. The molecule has 0 aromatic heterocycles.